The van der Waals surface area contributed by atoms with Crippen molar-refractivity contribution >= 4 is 17.5 Å². The Labute approximate surface area is 93.2 Å². The fourth-order valence-electron chi connectivity index (χ4n) is 1.04. The van der Waals surface area contributed by atoms with Gasteiger partial charge in [-0.1, -0.05) is 0 Å². The van der Waals surface area contributed by atoms with Crippen LogP contribution in [-0.4, -0.2) is 30.4 Å². The summed E-state index contributed by atoms with van der Waals surface area (Å²) < 4.78 is 0. The molecule has 2 amide bonds. The van der Waals surface area contributed by atoms with Crippen LogP contribution in [-0.2, 0) is 4.79 Å². The van der Waals surface area contributed by atoms with E-state index < -0.39 is 0 Å². The molecule has 0 fully saturated rings. The fourth-order valence-corrected chi connectivity index (χ4v) is 1.04. The molecule has 0 saturated carbocycles. The van der Waals surface area contributed by atoms with Gasteiger partial charge >= 0.3 is 0 Å². The number of aromatic nitrogens is 1. The number of carbonyl (C=O) groups is 2. The van der Waals surface area contributed by atoms with Crippen molar-refractivity contribution in [3.8, 4) is 0 Å². The number of hydrogen-bond acceptors (Lipinski definition) is 4. The lowest BCUT2D eigenvalue weighted by Gasteiger charge is -2.04. The molecule has 1 heterocycles. The van der Waals surface area contributed by atoms with Gasteiger partial charge in [0.1, 0.15) is 5.69 Å². The van der Waals surface area contributed by atoms with Crippen LogP contribution >= 0.6 is 0 Å². The van der Waals surface area contributed by atoms with Crippen molar-refractivity contribution in [3.63, 3.8) is 0 Å². The quantitative estimate of drug-likeness (QED) is 0.641. The molecule has 1 aromatic rings. The van der Waals surface area contributed by atoms with Gasteiger partial charge < -0.3 is 16.4 Å². The van der Waals surface area contributed by atoms with Crippen molar-refractivity contribution in [2.45, 2.75) is 6.42 Å². The van der Waals surface area contributed by atoms with E-state index in [2.05, 4.69) is 15.6 Å². The lowest BCUT2D eigenvalue weighted by atomic mass is 10.3. The molecule has 0 aromatic carbocycles. The van der Waals surface area contributed by atoms with Crippen LogP contribution in [0.15, 0.2) is 18.3 Å². The van der Waals surface area contributed by atoms with Gasteiger partial charge in [0.05, 0.1) is 11.9 Å². The highest BCUT2D eigenvalue weighted by Crippen LogP contribution is 2.00. The number of rotatable bonds is 4. The van der Waals surface area contributed by atoms with Gasteiger partial charge in [-0.3, -0.25) is 9.59 Å². The summed E-state index contributed by atoms with van der Waals surface area (Å²) in [6, 6.07) is 3.13. The van der Waals surface area contributed by atoms with Crippen molar-refractivity contribution in [1.29, 1.82) is 0 Å². The summed E-state index contributed by atoms with van der Waals surface area (Å²) in [4.78, 5) is 26.2. The highest BCUT2D eigenvalue weighted by atomic mass is 16.2. The third kappa shape index (κ3) is 3.56. The van der Waals surface area contributed by atoms with Gasteiger partial charge in [-0.05, 0) is 12.1 Å². The lowest BCUT2D eigenvalue weighted by Crippen LogP contribution is -2.29. The molecule has 0 aliphatic rings. The van der Waals surface area contributed by atoms with E-state index in [-0.39, 0.29) is 30.5 Å². The molecule has 0 spiro atoms. The van der Waals surface area contributed by atoms with Gasteiger partial charge in [-0.25, -0.2) is 4.98 Å². The predicted octanol–water partition coefficient (Wildman–Crippen LogP) is -0.470. The number of pyridine rings is 1. The van der Waals surface area contributed by atoms with Gasteiger partial charge in [-0.15, -0.1) is 0 Å². The molecule has 0 atom stereocenters. The van der Waals surface area contributed by atoms with E-state index in [1.165, 1.54) is 12.3 Å². The van der Waals surface area contributed by atoms with Gasteiger partial charge in [0.2, 0.25) is 5.91 Å². The largest absolute Gasteiger partial charge is 0.397 e. The summed E-state index contributed by atoms with van der Waals surface area (Å²) in [7, 11) is 1.55. The van der Waals surface area contributed by atoms with E-state index in [4.69, 9.17) is 5.73 Å². The maximum absolute atomic E-state index is 11.5. The van der Waals surface area contributed by atoms with Crippen molar-refractivity contribution < 1.29 is 9.59 Å². The van der Waals surface area contributed by atoms with E-state index >= 15 is 0 Å². The zero-order valence-corrected chi connectivity index (χ0v) is 8.99. The molecular weight excluding hydrogens is 208 g/mol. The molecule has 1 aromatic heterocycles. The maximum atomic E-state index is 11.5. The normalized spacial score (nSPS) is 9.56. The molecule has 0 bridgehead atoms. The Morgan fingerprint density at radius 1 is 1.44 bits per heavy atom. The fraction of sp³-hybridized carbons (Fsp3) is 0.300. The van der Waals surface area contributed by atoms with Crippen molar-refractivity contribution in [2.75, 3.05) is 19.3 Å². The van der Waals surface area contributed by atoms with Crippen LogP contribution in [0.3, 0.4) is 0 Å². The molecule has 6 heteroatoms. The Balaban J connectivity index is 2.41. The van der Waals surface area contributed by atoms with Crippen LogP contribution in [0.2, 0.25) is 0 Å². The van der Waals surface area contributed by atoms with Crippen molar-refractivity contribution in [2.24, 2.45) is 0 Å². The number of amides is 2. The first-order chi connectivity index (χ1) is 7.63. The zero-order chi connectivity index (χ0) is 12.0. The second-order valence-electron chi connectivity index (χ2n) is 3.16. The van der Waals surface area contributed by atoms with Crippen LogP contribution in [0.5, 0.6) is 0 Å². The van der Waals surface area contributed by atoms with E-state index in [0.29, 0.717) is 5.69 Å². The summed E-state index contributed by atoms with van der Waals surface area (Å²) >= 11 is 0. The molecule has 0 aliphatic carbocycles. The van der Waals surface area contributed by atoms with Gasteiger partial charge in [-0.2, -0.15) is 0 Å². The number of nitrogens with one attached hydrogen (secondary N) is 2. The standard InChI is InChI=1S/C10H14N4O2/c1-12-9(15)4-5-13-10(16)8-3-2-7(11)6-14-8/h2-3,6H,4-5,11H2,1H3,(H,12,15)(H,13,16). The average Bonchev–Trinajstić information content (AvgIpc) is 2.29. The monoisotopic (exact) mass is 222 g/mol. The van der Waals surface area contributed by atoms with Crippen LogP contribution in [0.4, 0.5) is 5.69 Å². The summed E-state index contributed by atoms with van der Waals surface area (Å²) in [6.45, 7) is 0.282. The molecule has 0 saturated heterocycles. The highest BCUT2D eigenvalue weighted by Gasteiger charge is 2.06. The molecule has 0 unspecified atom stereocenters. The smallest absolute Gasteiger partial charge is 0.269 e. The second kappa shape index (κ2) is 5.69. The third-order valence-electron chi connectivity index (χ3n) is 1.94. The zero-order valence-electron chi connectivity index (χ0n) is 8.99. The second-order valence-corrected chi connectivity index (χ2v) is 3.16. The number of hydrogen-bond donors (Lipinski definition) is 3. The molecule has 1 rings (SSSR count). The molecule has 86 valence electrons. The number of carbonyl (C=O) groups excluding carboxylic acids is 2. The van der Waals surface area contributed by atoms with Crippen LogP contribution in [0.1, 0.15) is 16.9 Å². The molecule has 0 radical (unpaired) electrons. The summed E-state index contributed by atoms with van der Waals surface area (Å²) in [5.41, 5.74) is 6.22. The SMILES string of the molecule is CNC(=O)CCNC(=O)c1ccc(N)cn1. The molecule has 0 aliphatic heterocycles. The Kier molecular flexibility index (Phi) is 4.26. The number of nitrogen functional groups attached to an aromatic ring is 1. The minimum absolute atomic E-state index is 0.120. The number of nitrogens with two attached hydrogens (primary N) is 1. The van der Waals surface area contributed by atoms with E-state index in [9.17, 15) is 9.59 Å². The highest BCUT2D eigenvalue weighted by molar-refractivity contribution is 5.92. The van der Waals surface area contributed by atoms with Gasteiger partial charge in [0, 0.05) is 20.0 Å². The minimum Gasteiger partial charge on any atom is -0.397 e. The molecule has 6 nitrogen and oxygen atoms in total. The van der Waals surface area contributed by atoms with Crippen LogP contribution in [0, 0.1) is 0 Å². The third-order valence-corrected chi connectivity index (χ3v) is 1.94. The minimum atomic E-state index is -0.316. The topological polar surface area (TPSA) is 97.1 Å². The predicted molar refractivity (Wildman–Crippen MR) is 59.7 cm³/mol. The van der Waals surface area contributed by atoms with E-state index in [0.717, 1.165) is 0 Å². The first kappa shape index (κ1) is 12.0. The Hall–Kier alpha value is -2.11. The van der Waals surface area contributed by atoms with Gasteiger partial charge in [0.15, 0.2) is 0 Å². The number of anilines is 1. The molecule has 16 heavy (non-hydrogen) atoms. The summed E-state index contributed by atoms with van der Waals surface area (Å²) in [5.74, 6) is -0.436. The molecule has 4 N–H and O–H groups in total. The van der Waals surface area contributed by atoms with Gasteiger partial charge in [0.25, 0.3) is 5.91 Å². The van der Waals surface area contributed by atoms with E-state index in [1.807, 2.05) is 0 Å². The van der Waals surface area contributed by atoms with Crippen molar-refractivity contribution in [1.82, 2.24) is 15.6 Å². The molecular formula is C10H14N4O2. The summed E-state index contributed by atoms with van der Waals surface area (Å²) in [6.07, 6.45) is 1.66. The first-order valence-corrected chi connectivity index (χ1v) is 4.84. The van der Waals surface area contributed by atoms with Crippen LogP contribution < -0.4 is 16.4 Å². The summed E-state index contributed by atoms with van der Waals surface area (Å²) in [5, 5.41) is 5.04. The average molecular weight is 222 g/mol. The number of nitrogens with zero attached hydrogens (tertiary/aromatic N) is 1. The Morgan fingerprint density at radius 3 is 2.75 bits per heavy atom. The first-order valence-electron chi connectivity index (χ1n) is 4.84. The van der Waals surface area contributed by atoms with Crippen molar-refractivity contribution in [3.05, 3.63) is 24.0 Å². The Morgan fingerprint density at radius 2 is 2.19 bits per heavy atom. The van der Waals surface area contributed by atoms with Crippen LogP contribution in [0.25, 0.3) is 0 Å². The Bertz CT molecular complexity index is 375. The maximum Gasteiger partial charge on any atom is 0.269 e. The van der Waals surface area contributed by atoms with E-state index in [1.54, 1.807) is 13.1 Å². The lowest BCUT2D eigenvalue weighted by molar-refractivity contribution is -0.120.